The second-order valence-electron chi connectivity index (χ2n) is 4.52. The van der Waals surface area contributed by atoms with Crippen molar-refractivity contribution in [1.29, 1.82) is 5.26 Å². The Morgan fingerprint density at radius 2 is 2.19 bits per heavy atom. The Morgan fingerprint density at radius 1 is 1.43 bits per heavy atom. The van der Waals surface area contributed by atoms with Gasteiger partial charge in [0.25, 0.3) is 5.69 Å². The summed E-state index contributed by atoms with van der Waals surface area (Å²) in [7, 11) is 1.72. The van der Waals surface area contributed by atoms with Gasteiger partial charge in [0, 0.05) is 25.9 Å². The molecule has 21 heavy (non-hydrogen) atoms. The Kier molecular flexibility index (Phi) is 4.00. The normalized spacial score (nSPS) is 9.90. The molecule has 106 valence electrons. The highest BCUT2D eigenvalue weighted by Crippen LogP contribution is 2.29. The van der Waals surface area contributed by atoms with E-state index in [4.69, 9.17) is 11.0 Å². The van der Waals surface area contributed by atoms with Gasteiger partial charge in [0.1, 0.15) is 11.5 Å². The average molecular weight is 283 g/mol. The fourth-order valence-electron chi connectivity index (χ4n) is 1.94. The molecule has 0 radical (unpaired) electrons. The first-order valence-electron chi connectivity index (χ1n) is 6.11. The molecule has 0 amide bonds. The minimum Gasteiger partial charge on any atom is -0.384 e. The molecule has 0 unspecified atom stereocenters. The van der Waals surface area contributed by atoms with Gasteiger partial charge in [0.15, 0.2) is 0 Å². The van der Waals surface area contributed by atoms with Gasteiger partial charge in [0.2, 0.25) is 0 Å². The van der Waals surface area contributed by atoms with Crippen molar-refractivity contribution < 1.29 is 4.92 Å². The Morgan fingerprint density at radius 3 is 2.76 bits per heavy atom. The number of aromatic nitrogens is 1. The number of anilines is 2. The zero-order valence-corrected chi connectivity index (χ0v) is 11.4. The molecule has 2 N–H and O–H groups in total. The third-order valence-electron chi connectivity index (χ3n) is 2.98. The molecule has 0 bridgehead atoms. The minimum atomic E-state index is -0.464. The number of nitrogen functional groups attached to an aromatic ring is 1. The quantitative estimate of drug-likeness (QED) is 0.679. The molecule has 1 aromatic carbocycles. The van der Waals surface area contributed by atoms with Gasteiger partial charge in [-0.1, -0.05) is 6.07 Å². The van der Waals surface area contributed by atoms with Crippen LogP contribution in [-0.2, 0) is 6.54 Å². The molecule has 0 aliphatic heterocycles. The molecule has 0 aliphatic rings. The van der Waals surface area contributed by atoms with E-state index in [2.05, 4.69) is 4.98 Å². The summed E-state index contributed by atoms with van der Waals surface area (Å²) in [6.07, 6.45) is 1.62. The molecule has 7 heteroatoms. The van der Waals surface area contributed by atoms with Crippen molar-refractivity contribution in [2.45, 2.75) is 6.54 Å². The zero-order valence-electron chi connectivity index (χ0n) is 11.4. The van der Waals surface area contributed by atoms with Gasteiger partial charge in [0.05, 0.1) is 16.6 Å². The van der Waals surface area contributed by atoms with Gasteiger partial charge in [-0.25, -0.2) is 4.98 Å². The number of nitrogens with two attached hydrogens (primary N) is 1. The third kappa shape index (κ3) is 3.25. The monoisotopic (exact) mass is 283 g/mol. The van der Waals surface area contributed by atoms with Crippen LogP contribution in [0, 0.1) is 21.4 Å². The second-order valence-corrected chi connectivity index (χ2v) is 4.52. The number of nitro groups is 1. The number of hydrogen-bond acceptors (Lipinski definition) is 6. The van der Waals surface area contributed by atoms with E-state index in [1.807, 2.05) is 6.07 Å². The first-order chi connectivity index (χ1) is 10.0. The Labute approximate surface area is 121 Å². The number of nitrogens with zero attached hydrogens (tertiary/aromatic N) is 4. The smallest absolute Gasteiger partial charge is 0.292 e. The number of rotatable bonds is 4. The molecular formula is C14H13N5O2. The van der Waals surface area contributed by atoms with E-state index in [1.54, 1.807) is 30.3 Å². The highest BCUT2D eigenvalue weighted by Gasteiger charge is 2.18. The van der Waals surface area contributed by atoms with Crippen molar-refractivity contribution in [2.24, 2.45) is 0 Å². The fourth-order valence-corrected chi connectivity index (χ4v) is 1.94. The van der Waals surface area contributed by atoms with E-state index in [1.165, 1.54) is 18.2 Å². The van der Waals surface area contributed by atoms with E-state index >= 15 is 0 Å². The fraction of sp³-hybridized carbons (Fsp3) is 0.143. The molecule has 2 rings (SSSR count). The number of nitriles is 1. The van der Waals surface area contributed by atoms with Crippen molar-refractivity contribution >= 4 is 17.2 Å². The molecule has 0 saturated heterocycles. The largest absolute Gasteiger partial charge is 0.384 e. The maximum atomic E-state index is 11.1. The van der Waals surface area contributed by atoms with Crippen LogP contribution in [-0.4, -0.2) is 17.0 Å². The zero-order chi connectivity index (χ0) is 15.4. The Bertz CT molecular complexity index is 706. The molecule has 1 aromatic heterocycles. The van der Waals surface area contributed by atoms with Crippen molar-refractivity contribution in [2.75, 3.05) is 17.7 Å². The highest BCUT2D eigenvalue weighted by atomic mass is 16.6. The van der Waals surface area contributed by atoms with Crippen LogP contribution < -0.4 is 10.6 Å². The van der Waals surface area contributed by atoms with E-state index in [0.717, 1.165) is 5.56 Å². The van der Waals surface area contributed by atoms with Crippen LogP contribution in [0.5, 0.6) is 0 Å². The Hall–Kier alpha value is -3.14. The predicted octanol–water partition coefficient (Wildman–Crippen LogP) is 2.08. The van der Waals surface area contributed by atoms with Crippen LogP contribution in [0.2, 0.25) is 0 Å². The maximum Gasteiger partial charge on any atom is 0.292 e. The van der Waals surface area contributed by atoms with Crippen molar-refractivity contribution in [3.05, 3.63) is 57.8 Å². The molecule has 0 atom stereocenters. The minimum absolute atomic E-state index is 0.0418. The van der Waals surface area contributed by atoms with E-state index in [0.29, 0.717) is 23.6 Å². The molecule has 0 saturated carbocycles. The molecule has 7 nitrogen and oxygen atoms in total. The average Bonchev–Trinajstić information content (AvgIpc) is 2.48. The number of hydrogen-bond donors (Lipinski definition) is 1. The van der Waals surface area contributed by atoms with E-state index in [-0.39, 0.29) is 5.69 Å². The molecular weight excluding hydrogens is 270 g/mol. The lowest BCUT2D eigenvalue weighted by Gasteiger charge is -2.19. The van der Waals surface area contributed by atoms with Crippen LogP contribution in [0.1, 0.15) is 11.1 Å². The summed E-state index contributed by atoms with van der Waals surface area (Å²) in [5.41, 5.74) is 7.10. The van der Waals surface area contributed by atoms with Gasteiger partial charge >= 0.3 is 0 Å². The molecule has 1 heterocycles. The molecule has 0 aliphatic carbocycles. The van der Waals surface area contributed by atoms with Crippen LogP contribution in [0.25, 0.3) is 0 Å². The van der Waals surface area contributed by atoms with Crippen LogP contribution in [0.4, 0.5) is 17.2 Å². The van der Waals surface area contributed by atoms with Crippen LogP contribution in [0.15, 0.2) is 36.5 Å². The van der Waals surface area contributed by atoms with Crippen molar-refractivity contribution in [3.8, 4) is 6.07 Å². The summed E-state index contributed by atoms with van der Waals surface area (Å²) >= 11 is 0. The summed E-state index contributed by atoms with van der Waals surface area (Å²) in [4.78, 5) is 16.3. The van der Waals surface area contributed by atoms with E-state index < -0.39 is 4.92 Å². The van der Waals surface area contributed by atoms with Gasteiger partial charge < -0.3 is 10.6 Å². The second kappa shape index (κ2) is 5.88. The standard InChI is InChI=1S/C14H13N5O2/c1-18(9-11-3-5-14(16)17-8-11)13-6-10(7-15)2-4-12(13)19(20)21/h2-6,8H,9H2,1H3,(H2,16,17). The highest BCUT2D eigenvalue weighted by molar-refractivity contribution is 5.65. The summed E-state index contributed by atoms with van der Waals surface area (Å²) in [6, 6.07) is 9.73. The summed E-state index contributed by atoms with van der Waals surface area (Å²) < 4.78 is 0. The molecule has 2 aromatic rings. The maximum absolute atomic E-state index is 11.1. The first-order valence-corrected chi connectivity index (χ1v) is 6.11. The van der Waals surface area contributed by atoms with Crippen LogP contribution >= 0.6 is 0 Å². The topological polar surface area (TPSA) is 109 Å². The number of benzene rings is 1. The summed E-state index contributed by atoms with van der Waals surface area (Å²) in [5, 5.41) is 20.0. The van der Waals surface area contributed by atoms with Crippen LogP contribution in [0.3, 0.4) is 0 Å². The first kappa shape index (κ1) is 14.3. The molecule has 0 fully saturated rings. The lowest BCUT2D eigenvalue weighted by molar-refractivity contribution is -0.384. The van der Waals surface area contributed by atoms with Gasteiger partial charge in [-0.05, 0) is 23.8 Å². The SMILES string of the molecule is CN(Cc1ccc(N)nc1)c1cc(C#N)ccc1[N+](=O)[O-]. The van der Waals surface area contributed by atoms with E-state index in [9.17, 15) is 10.1 Å². The lowest BCUT2D eigenvalue weighted by atomic mass is 10.1. The summed E-state index contributed by atoms with van der Waals surface area (Å²) in [5.74, 6) is 0.416. The lowest BCUT2D eigenvalue weighted by Crippen LogP contribution is -2.18. The van der Waals surface area contributed by atoms with Crippen molar-refractivity contribution in [1.82, 2.24) is 4.98 Å². The Balaban J connectivity index is 2.33. The predicted molar refractivity (Wildman–Crippen MR) is 78.6 cm³/mol. The molecule has 0 spiro atoms. The van der Waals surface area contributed by atoms with Gasteiger partial charge in [-0.2, -0.15) is 5.26 Å². The van der Waals surface area contributed by atoms with Gasteiger partial charge in [-0.15, -0.1) is 0 Å². The summed E-state index contributed by atoms with van der Waals surface area (Å²) in [6.45, 7) is 0.420. The third-order valence-corrected chi connectivity index (χ3v) is 2.98. The number of pyridine rings is 1. The van der Waals surface area contributed by atoms with Crippen molar-refractivity contribution in [3.63, 3.8) is 0 Å². The number of nitro benzene ring substituents is 1. The van der Waals surface area contributed by atoms with Gasteiger partial charge in [-0.3, -0.25) is 10.1 Å².